The van der Waals surface area contributed by atoms with Crippen LogP contribution in [0.25, 0.3) is 0 Å². The third-order valence-electron chi connectivity index (χ3n) is 8.78. The van der Waals surface area contributed by atoms with Crippen molar-refractivity contribution in [3.05, 3.63) is 54.9 Å². The normalized spacial score (nSPS) is 11.8. The van der Waals surface area contributed by atoms with Gasteiger partial charge in [-0.05, 0) is 76.3 Å². The van der Waals surface area contributed by atoms with Gasteiger partial charge >= 0.3 is 11.9 Å². The van der Waals surface area contributed by atoms with Crippen LogP contribution in [-0.2, 0) is 19.1 Å². The first kappa shape index (κ1) is 47.5. The summed E-state index contributed by atoms with van der Waals surface area (Å²) >= 11 is 0. The zero-order valence-corrected chi connectivity index (χ0v) is 32.5. The van der Waals surface area contributed by atoms with Gasteiger partial charge in [-0.2, -0.15) is 0 Å². The number of hydrogen-bond donors (Lipinski definition) is 1. The molecular formula is C44H77NO5. The zero-order chi connectivity index (χ0) is 36.4. The summed E-state index contributed by atoms with van der Waals surface area (Å²) in [6.45, 7) is 4.11. The Balaban J connectivity index is 0.00000358. The minimum Gasteiger partial charge on any atom is -0.462 e. The molecule has 0 bridgehead atoms. The largest absolute Gasteiger partial charge is 0.462 e. The van der Waals surface area contributed by atoms with E-state index in [1.165, 1.54) is 116 Å². The Labute approximate surface area is 308 Å². The summed E-state index contributed by atoms with van der Waals surface area (Å²) in [6.07, 6.45) is 44.4. The van der Waals surface area contributed by atoms with E-state index in [4.69, 9.17) is 9.47 Å². The molecule has 0 aliphatic heterocycles. The molecule has 1 aromatic heterocycles. The van der Waals surface area contributed by atoms with Crippen molar-refractivity contribution in [1.82, 2.24) is 4.98 Å². The van der Waals surface area contributed by atoms with E-state index >= 15 is 0 Å². The number of carbonyl (C=O) groups is 2. The van der Waals surface area contributed by atoms with Gasteiger partial charge in [0.25, 0.3) is 0 Å². The average molecular weight is 700 g/mol. The number of aromatic nitrogens is 1. The Hall–Kier alpha value is -2.47. The van der Waals surface area contributed by atoms with Gasteiger partial charge in [-0.1, -0.05) is 147 Å². The van der Waals surface area contributed by atoms with Gasteiger partial charge in [0.1, 0.15) is 6.61 Å². The van der Waals surface area contributed by atoms with E-state index in [2.05, 4.69) is 43.1 Å². The molecule has 1 atom stereocenters. The third kappa shape index (κ3) is 38.3. The molecule has 6 nitrogen and oxygen atoms in total. The lowest BCUT2D eigenvalue weighted by Gasteiger charge is -2.15. The monoisotopic (exact) mass is 700 g/mol. The molecule has 0 amide bonds. The minimum atomic E-state index is -0.774. The quantitative estimate of drug-likeness (QED) is 0.0438. The SMILES string of the molecule is CCCCCCCC/C=C\CCCCCCCC(=O)OC[C@H](CO)OC(=O)CCCCCCC/C=C\CCCCCCCC.c1ccncc1. The van der Waals surface area contributed by atoms with Gasteiger partial charge in [-0.25, -0.2) is 0 Å². The fourth-order valence-corrected chi connectivity index (χ4v) is 5.62. The number of pyridine rings is 1. The molecule has 1 aromatic rings. The smallest absolute Gasteiger partial charge is 0.306 e. The van der Waals surface area contributed by atoms with Crippen LogP contribution >= 0.6 is 0 Å². The molecule has 0 aromatic carbocycles. The maximum absolute atomic E-state index is 12.1. The van der Waals surface area contributed by atoms with Crippen molar-refractivity contribution in [1.29, 1.82) is 0 Å². The van der Waals surface area contributed by atoms with Crippen molar-refractivity contribution < 1.29 is 24.2 Å². The summed E-state index contributed by atoms with van der Waals surface area (Å²) < 4.78 is 10.6. The molecule has 0 aliphatic carbocycles. The number of aliphatic hydroxyl groups is 1. The van der Waals surface area contributed by atoms with Gasteiger partial charge in [0.15, 0.2) is 6.10 Å². The van der Waals surface area contributed by atoms with Gasteiger partial charge < -0.3 is 14.6 Å². The standard InChI is InChI=1S/C39H72O5.C5H5N/c1-3-5-7-9-11-13-15-17-19-21-23-25-27-29-31-33-38(41)43-36-37(35-40)44-39(42)34-32-30-28-26-24-22-20-18-16-14-12-10-8-6-4-2;1-2-4-6-5-3-1/h17-20,37,40H,3-16,21-36H2,1-2H3;1-5H/b19-17-,20-18-;/t37-;/m0./s1. The Morgan fingerprint density at radius 1 is 0.540 bits per heavy atom. The lowest BCUT2D eigenvalue weighted by molar-refractivity contribution is -0.161. The summed E-state index contributed by atoms with van der Waals surface area (Å²) in [5, 5.41) is 9.53. The second-order valence-corrected chi connectivity index (χ2v) is 13.7. The van der Waals surface area contributed by atoms with Crippen LogP contribution in [0.1, 0.15) is 194 Å². The highest BCUT2D eigenvalue weighted by Crippen LogP contribution is 2.12. The molecule has 0 fully saturated rings. The van der Waals surface area contributed by atoms with Crippen molar-refractivity contribution >= 4 is 11.9 Å². The van der Waals surface area contributed by atoms with E-state index in [-0.39, 0.29) is 25.2 Å². The third-order valence-corrected chi connectivity index (χ3v) is 8.78. The van der Waals surface area contributed by atoms with E-state index in [0.717, 1.165) is 51.4 Å². The maximum atomic E-state index is 12.1. The summed E-state index contributed by atoms with van der Waals surface area (Å²) in [5.41, 5.74) is 0. The van der Waals surface area contributed by atoms with Crippen molar-refractivity contribution in [2.45, 2.75) is 200 Å². The van der Waals surface area contributed by atoms with Crippen molar-refractivity contribution in [3.8, 4) is 0 Å². The molecule has 288 valence electrons. The van der Waals surface area contributed by atoms with Crippen LogP contribution in [0.2, 0.25) is 0 Å². The Morgan fingerprint density at radius 2 is 0.920 bits per heavy atom. The summed E-state index contributed by atoms with van der Waals surface area (Å²) in [6, 6.07) is 5.72. The van der Waals surface area contributed by atoms with Gasteiger partial charge in [0, 0.05) is 25.2 Å². The fourth-order valence-electron chi connectivity index (χ4n) is 5.62. The van der Waals surface area contributed by atoms with E-state index in [1.807, 2.05) is 18.2 Å². The first-order valence-corrected chi connectivity index (χ1v) is 20.7. The first-order chi connectivity index (χ1) is 24.6. The molecule has 0 saturated carbocycles. The Kier molecular flexibility index (Phi) is 38.9. The number of rotatable bonds is 34. The predicted molar refractivity (Wildman–Crippen MR) is 211 cm³/mol. The molecule has 50 heavy (non-hydrogen) atoms. The number of allylic oxidation sites excluding steroid dienone is 4. The summed E-state index contributed by atoms with van der Waals surface area (Å²) in [4.78, 5) is 28.0. The van der Waals surface area contributed by atoms with Gasteiger partial charge in [0.05, 0.1) is 6.61 Å². The summed E-state index contributed by atoms with van der Waals surface area (Å²) in [7, 11) is 0. The lowest BCUT2D eigenvalue weighted by Crippen LogP contribution is -2.28. The number of aliphatic hydroxyl groups excluding tert-OH is 1. The molecular weight excluding hydrogens is 622 g/mol. The van der Waals surface area contributed by atoms with Crippen LogP contribution in [0.5, 0.6) is 0 Å². The van der Waals surface area contributed by atoms with E-state index in [9.17, 15) is 14.7 Å². The van der Waals surface area contributed by atoms with Crippen molar-refractivity contribution in [3.63, 3.8) is 0 Å². The van der Waals surface area contributed by atoms with Crippen LogP contribution < -0.4 is 0 Å². The number of hydrogen-bond acceptors (Lipinski definition) is 6. The fraction of sp³-hybridized carbons (Fsp3) is 0.750. The van der Waals surface area contributed by atoms with Crippen LogP contribution in [0.4, 0.5) is 0 Å². The van der Waals surface area contributed by atoms with Gasteiger partial charge in [-0.15, -0.1) is 0 Å². The molecule has 0 radical (unpaired) electrons. The molecule has 0 unspecified atom stereocenters. The van der Waals surface area contributed by atoms with Crippen LogP contribution in [-0.4, -0.2) is 41.3 Å². The molecule has 0 aliphatic rings. The Bertz CT molecular complexity index is 861. The number of ether oxygens (including phenoxy) is 2. The van der Waals surface area contributed by atoms with Crippen LogP contribution in [0.15, 0.2) is 54.9 Å². The predicted octanol–water partition coefficient (Wildman–Crippen LogP) is 12.6. The minimum absolute atomic E-state index is 0.0709. The number of unbranched alkanes of at least 4 members (excludes halogenated alkanes) is 22. The lowest BCUT2D eigenvalue weighted by atomic mass is 10.1. The summed E-state index contributed by atoms with van der Waals surface area (Å²) in [5.74, 6) is -0.607. The first-order valence-electron chi connectivity index (χ1n) is 20.7. The van der Waals surface area contributed by atoms with Gasteiger partial charge in [0.2, 0.25) is 0 Å². The van der Waals surface area contributed by atoms with E-state index < -0.39 is 6.10 Å². The topological polar surface area (TPSA) is 85.7 Å². The highest BCUT2D eigenvalue weighted by molar-refractivity contribution is 5.70. The van der Waals surface area contributed by atoms with E-state index in [0.29, 0.717) is 12.8 Å². The molecule has 1 rings (SSSR count). The molecule has 0 spiro atoms. The highest BCUT2D eigenvalue weighted by Gasteiger charge is 2.16. The highest BCUT2D eigenvalue weighted by atomic mass is 16.6. The second kappa shape index (κ2) is 41.0. The van der Waals surface area contributed by atoms with Crippen molar-refractivity contribution in [2.24, 2.45) is 0 Å². The number of carbonyl (C=O) groups excluding carboxylic acids is 2. The Morgan fingerprint density at radius 3 is 1.28 bits per heavy atom. The van der Waals surface area contributed by atoms with Gasteiger partial charge in [-0.3, -0.25) is 14.6 Å². The average Bonchev–Trinajstić information content (AvgIpc) is 3.14. The molecule has 1 N–H and O–H groups in total. The second-order valence-electron chi connectivity index (χ2n) is 13.7. The van der Waals surface area contributed by atoms with Crippen LogP contribution in [0.3, 0.4) is 0 Å². The molecule has 1 heterocycles. The van der Waals surface area contributed by atoms with Crippen molar-refractivity contribution in [2.75, 3.05) is 13.2 Å². The molecule has 6 heteroatoms. The number of esters is 2. The number of nitrogens with zero attached hydrogens (tertiary/aromatic N) is 1. The molecule has 0 saturated heterocycles. The van der Waals surface area contributed by atoms with Crippen LogP contribution in [0, 0.1) is 0 Å². The zero-order valence-electron chi connectivity index (χ0n) is 32.5. The van der Waals surface area contributed by atoms with E-state index in [1.54, 1.807) is 12.4 Å². The maximum Gasteiger partial charge on any atom is 0.306 e.